The monoisotopic (exact) mass is 433 g/mol. The zero-order valence-corrected chi connectivity index (χ0v) is 17.1. The molecule has 1 N–H and O–H groups in total. The molecule has 1 fully saturated rings. The Balaban J connectivity index is 1.46. The van der Waals surface area contributed by atoms with E-state index in [9.17, 15) is 17.2 Å². The summed E-state index contributed by atoms with van der Waals surface area (Å²) in [4.78, 5) is -0.235. The predicted octanol–water partition coefficient (Wildman–Crippen LogP) is 3.93. The van der Waals surface area contributed by atoms with Crippen LogP contribution < -0.4 is 4.74 Å². The molecule has 4 rings (SSSR count). The molecule has 3 aromatic rings. The molecule has 0 aliphatic carbocycles. The largest absolute Gasteiger partial charge is 0.497 e. The van der Waals surface area contributed by atoms with E-state index in [1.54, 1.807) is 7.11 Å². The molecule has 0 saturated carbocycles. The van der Waals surface area contributed by atoms with Gasteiger partial charge in [0.05, 0.1) is 17.7 Å². The van der Waals surface area contributed by atoms with Crippen LogP contribution in [0.5, 0.6) is 5.75 Å². The Morgan fingerprint density at radius 2 is 1.83 bits per heavy atom. The molecule has 2 heterocycles. The molecule has 1 aliphatic rings. The van der Waals surface area contributed by atoms with Crippen LogP contribution in [0.2, 0.25) is 0 Å². The predicted molar refractivity (Wildman–Crippen MR) is 108 cm³/mol. The lowest BCUT2D eigenvalue weighted by atomic mass is 9.94. The molecule has 6 nitrogen and oxygen atoms in total. The molecule has 2 aromatic carbocycles. The fourth-order valence-corrected chi connectivity index (χ4v) is 5.15. The number of hydrogen-bond acceptors (Lipinski definition) is 4. The van der Waals surface area contributed by atoms with Gasteiger partial charge in [-0.25, -0.2) is 17.2 Å². The number of benzene rings is 2. The minimum Gasteiger partial charge on any atom is -0.497 e. The Labute approximate surface area is 173 Å². The van der Waals surface area contributed by atoms with E-state index in [-0.39, 0.29) is 10.8 Å². The first-order chi connectivity index (χ1) is 14.4. The number of aromatic nitrogens is 2. The van der Waals surface area contributed by atoms with Gasteiger partial charge in [0.25, 0.3) is 0 Å². The van der Waals surface area contributed by atoms with E-state index in [0.29, 0.717) is 25.9 Å². The SMILES string of the molecule is COc1cccc(-c2cc(C3CCN(S(=O)(=O)c4ccc(F)c(F)c4)CC3)[nH]n2)c1. The van der Waals surface area contributed by atoms with Crippen LogP contribution in [0.1, 0.15) is 24.5 Å². The van der Waals surface area contributed by atoms with Gasteiger partial charge in [0, 0.05) is 30.3 Å². The third-order valence-electron chi connectivity index (χ3n) is 5.39. The standard InChI is InChI=1S/C21H21F2N3O3S/c1-29-16-4-2-3-15(11-16)21-13-20(24-25-21)14-7-9-26(10-8-14)30(27,28)17-5-6-18(22)19(23)12-17/h2-6,11-14H,7-10H2,1H3,(H,24,25). The van der Waals surface area contributed by atoms with Crippen molar-refractivity contribution in [2.45, 2.75) is 23.7 Å². The number of nitrogens with zero attached hydrogens (tertiary/aromatic N) is 2. The lowest BCUT2D eigenvalue weighted by Gasteiger charge is -2.30. The molecule has 1 aromatic heterocycles. The Bertz CT molecular complexity index is 1160. The summed E-state index contributed by atoms with van der Waals surface area (Å²) < 4.78 is 58.7. The van der Waals surface area contributed by atoms with Crippen LogP contribution in [0.4, 0.5) is 8.78 Å². The van der Waals surface area contributed by atoms with Crippen molar-refractivity contribution in [3.05, 3.63) is 65.9 Å². The lowest BCUT2D eigenvalue weighted by molar-refractivity contribution is 0.316. The highest BCUT2D eigenvalue weighted by atomic mass is 32.2. The molecule has 158 valence electrons. The number of H-pyrrole nitrogens is 1. The highest BCUT2D eigenvalue weighted by Crippen LogP contribution is 2.32. The Hall–Kier alpha value is -2.78. The molecule has 30 heavy (non-hydrogen) atoms. The maximum atomic E-state index is 13.5. The van der Waals surface area contributed by atoms with Crippen molar-refractivity contribution in [2.75, 3.05) is 20.2 Å². The van der Waals surface area contributed by atoms with Gasteiger partial charge in [-0.1, -0.05) is 12.1 Å². The summed E-state index contributed by atoms with van der Waals surface area (Å²) in [5.41, 5.74) is 2.66. The van der Waals surface area contributed by atoms with Crippen molar-refractivity contribution in [2.24, 2.45) is 0 Å². The number of piperidine rings is 1. The average Bonchev–Trinajstić information content (AvgIpc) is 3.26. The van der Waals surface area contributed by atoms with E-state index in [2.05, 4.69) is 10.2 Å². The van der Waals surface area contributed by atoms with Crippen LogP contribution in [-0.4, -0.2) is 43.1 Å². The number of halogens is 2. The van der Waals surface area contributed by atoms with Crippen molar-refractivity contribution in [1.29, 1.82) is 0 Å². The minimum atomic E-state index is -3.87. The molecule has 9 heteroatoms. The van der Waals surface area contributed by atoms with Gasteiger partial charge in [0.2, 0.25) is 10.0 Å². The van der Waals surface area contributed by atoms with Gasteiger partial charge in [-0.05, 0) is 49.2 Å². The summed E-state index contributed by atoms with van der Waals surface area (Å²) >= 11 is 0. The maximum Gasteiger partial charge on any atom is 0.243 e. The molecule has 0 bridgehead atoms. The van der Waals surface area contributed by atoms with Gasteiger partial charge in [-0.15, -0.1) is 0 Å². The van der Waals surface area contributed by atoms with Crippen LogP contribution in [0.25, 0.3) is 11.3 Å². The van der Waals surface area contributed by atoms with E-state index in [1.165, 1.54) is 4.31 Å². The second-order valence-corrected chi connectivity index (χ2v) is 9.13. The first kappa shape index (κ1) is 20.5. The highest BCUT2D eigenvalue weighted by molar-refractivity contribution is 7.89. The first-order valence-electron chi connectivity index (χ1n) is 9.53. The first-order valence-corrected chi connectivity index (χ1v) is 11.0. The molecule has 0 unspecified atom stereocenters. The molecule has 0 radical (unpaired) electrons. The molecule has 0 spiro atoms. The molecule has 1 aliphatic heterocycles. The number of methoxy groups -OCH3 is 1. The summed E-state index contributed by atoms with van der Waals surface area (Å²) in [5, 5.41) is 7.44. The van der Waals surface area contributed by atoms with Crippen molar-refractivity contribution >= 4 is 10.0 Å². The number of ether oxygens (including phenoxy) is 1. The summed E-state index contributed by atoms with van der Waals surface area (Å²) in [6, 6.07) is 12.2. The Morgan fingerprint density at radius 3 is 2.53 bits per heavy atom. The summed E-state index contributed by atoms with van der Waals surface area (Å²) in [5.74, 6) is -1.37. The van der Waals surface area contributed by atoms with Gasteiger partial charge in [-0.2, -0.15) is 9.40 Å². The van der Waals surface area contributed by atoms with E-state index >= 15 is 0 Å². The van der Waals surface area contributed by atoms with Crippen LogP contribution in [0.15, 0.2) is 53.4 Å². The smallest absolute Gasteiger partial charge is 0.243 e. The minimum absolute atomic E-state index is 0.133. The topological polar surface area (TPSA) is 75.3 Å². The molecule has 0 amide bonds. The van der Waals surface area contributed by atoms with E-state index in [0.717, 1.165) is 40.9 Å². The van der Waals surface area contributed by atoms with E-state index < -0.39 is 21.7 Å². The number of aromatic amines is 1. The quantitative estimate of drug-likeness (QED) is 0.662. The van der Waals surface area contributed by atoms with Crippen molar-refractivity contribution in [3.63, 3.8) is 0 Å². The Kier molecular flexibility index (Phi) is 5.57. The van der Waals surface area contributed by atoms with Gasteiger partial charge < -0.3 is 4.74 Å². The summed E-state index contributed by atoms with van der Waals surface area (Å²) in [6.07, 6.45) is 1.20. The molecule has 0 atom stereocenters. The average molecular weight is 433 g/mol. The fourth-order valence-electron chi connectivity index (χ4n) is 3.67. The summed E-state index contributed by atoms with van der Waals surface area (Å²) in [6.45, 7) is 0.582. The highest BCUT2D eigenvalue weighted by Gasteiger charge is 2.31. The number of sulfonamides is 1. The fraction of sp³-hybridized carbons (Fsp3) is 0.286. The molecule has 1 saturated heterocycles. The zero-order valence-electron chi connectivity index (χ0n) is 16.3. The number of rotatable bonds is 5. The van der Waals surface area contributed by atoms with Crippen molar-refractivity contribution < 1.29 is 21.9 Å². The maximum absolute atomic E-state index is 13.5. The van der Waals surface area contributed by atoms with Crippen LogP contribution >= 0.6 is 0 Å². The second-order valence-electron chi connectivity index (χ2n) is 7.19. The molecular weight excluding hydrogens is 412 g/mol. The third kappa shape index (κ3) is 3.95. The van der Waals surface area contributed by atoms with Crippen molar-refractivity contribution in [3.8, 4) is 17.0 Å². The van der Waals surface area contributed by atoms with E-state index in [4.69, 9.17) is 4.74 Å². The normalized spacial score (nSPS) is 16.0. The second kappa shape index (κ2) is 8.16. The van der Waals surface area contributed by atoms with Crippen LogP contribution in [-0.2, 0) is 10.0 Å². The molecular formula is C21H21F2N3O3S. The van der Waals surface area contributed by atoms with Crippen LogP contribution in [0, 0.1) is 11.6 Å². The van der Waals surface area contributed by atoms with Gasteiger partial charge in [0.1, 0.15) is 5.75 Å². The van der Waals surface area contributed by atoms with Crippen molar-refractivity contribution in [1.82, 2.24) is 14.5 Å². The zero-order chi connectivity index (χ0) is 21.3. The van der Waals surface area contributed by atoms with Gasteiger partial charge in [0.15, 0.2) is 11.6 Å². The van der Waals surface area contributed by atoms with Gasteiger partial charge >= 0.3 is 0 Å². The van der Waals surface area contributed by atoms with E-state index in [1.807, 2.05) is 30.3 Å². The number of nitrogens with one attached hydrogen (secondary N) is 1. The number of hydrogen-bond donors (Lipinski definition) is 1. The van der Waals surface area contributed by atoms with Gasteiger partial charge in [-0.3, -0.25) is 5.10 Å². The Morgan fingerprint density at radius 1 is 1.07 bits per heavy atom. The van der Waals surface area contributed by atoms with Crippen LogP contribution in [0.3, 0.4) is 0 Å². The summed E-state index contributed by atoms with van der Waals surface area (Å²) in [7, 11) is -2.26. The lowest BCUT2D eigenvalue weighted by Crippen LogP contribution is -2.38. The third-order valence-corrected chi connectivity index (χ3v) is 7.28.